The maximum atomic E-state index is 12.9. The zero-order chi connectivity index (χ0) is 19.5. The summed E-state index contributed by atoms with van der Waals surface area (Å²) in [4.78, 5) is 17.1. The predicted octanol–water partition coefficient (Wildman–Crippen LogP) is 4.05. The molecule has 0 N–H and O–H groups in total. The lowest BCUT2D eigenvalue weighted by Gasteiger charge is -2.24. The van der Waals surface area contributed by atoms with Crippen LogP contribution in [0.2, 0.25) is 0 Å². The molecule has 0 saturated carbocycles. The van der Waals surface area contributed by atoms with Crippen LogP contribution in [0, 0.1) is 6.92 Å². The van der Waals surface area contributed by atoms with Crippen LogP contribution in [0.4, 0.5) is 5.69 Å². The zero-order valence-electron chi connectivity index (χ0n) is 16.5. The van der Waals surface area contributed by atoms with Crippen molar-refractivity contribution in [3.63, 3.8) is 0 Å². The highest BCUT2D eigenvalue weighted by atomic mass is 16.2. The molecule has 2 aromatic carbocycles. The van der Waals surface area contributed by atoms with E-state index in [1.54, 1.807) is 4.90 Å². The Balaban J connectivity index is 1.48. The van der Waals surface area contributed by atoms with Gasteiger partial charge in [-0.05, 0) is 61.2 Å². The van der Waals surface area contributed by atoms with Crippen molar-refractivity contribution in [2.24, 2.45) is 0 Å². The monoisotopic (exact) mass is 374 g/mol. The second-order valence-corrected chi connectivity index (χ2v) is 7.49. The smallest absolute Gasteiger partial charge is 0.253 e. The molecule has 1 saturated heterocycles. The molecule has 28 heavy (non-hydrogen) atoms. The van der Waals surface area contributed by atoms with Gasteiger partial charge in [-0.2, -0.15) is 5.10 Å². The van der Waals surface area contributed by atoms with Gasteiger partial charge in [0.15, 0.2) is 0 Å². The molecular formula is C23H26N4O. The van der Waals surface area contributed by atoms with Crippen LogP contribution in [0.1, 0.15) is 34.3 Å². The lowest BCUT2D eigenvalue weighted by Crippen LogP contribution is -2.28. The van der Waals surface area contributed by atoms with E-state index in [4.69, 9.17) is 0 Å². The van der Waals surface area contributed by atoms with E-state index in [-0.39, 0.29) is 5.91 Å². The van der Waals surface area contributed by atoms with Crippen molar-refractivity contribution in [2.75, 3.05) is 25.0 Å². The number of carbonyl (C=O) groups is 1. The average Bonchev–Trinajstić information content (AvgIpc) is 3.40. The molecule has 0 atom stereocenters. The Morgan fingerprint density at radius 2 is 1.79 bits per heavy atom. The summed E-state index contributed by atoms with van der Waals surface area (Å²) in [5.41, 5.74) is 5.20. The number of nitrogens with zero attached hydrogens (tertiary/aromatic N) is 4. The predicted molar refractivity (Wildman–Crippen MR) is 112 cm³/mol. The van der Waals surface area contributed by atoms with Crippen LogP contribution in [0.3, 0.4) is 0 Å². The third-order valence-electron chi connectivity index (χ3n) is 5.28. The van der Waals surface area contributed by atoms with Crippen LogP contribution < -0.4 is 4.90 Å². The fourth-order valence-corrected chi connectivity index (χ4v) is 3.77. The molecule has 4 rings (SSSR count). The lowest BCUT2D eigenvalue weighted by molar-refractivity contribution is 0.0785. The van der Waals surface area contributed by atoms with Gasteiger partial charge >= 0.3 is 0 Å². The Hall–Kier alpha value is -3.08. The third kappa shape index (κ3) is 3.79. The first-order valence-electron chi connectivity index (χ1n) is 9.82. The molecule has 3 aromatic rings. The first kappa shape index (κ1) is 18.3. The average molecular weight is 374 g/mol. The molecular weight excluding hydrogens is 348 g/mol. The Morgan fingerprint density at radius 1 is 1.07 bits per heavy atom. The number of rotatable bonds is 5. The highest BCUT2D eigenvalue weighted by Crippen LogP contribution is 2.25. The second kappa shape index (κ2) is 7.89. The van der Waals surface area contributed by atoms with E-state index in [0.717, 1.165) is 24.3 Å². The van der Waals surface area contributed by atoms with Crippen LogP contribution >= 0.6 is 0 Å². The number of anilines is 1. The summed E-state index contributed by atoms with van der Waals surface area (Å²) >= 11 is 0. The Labute approximate surface area is 166 Å². The summed E-state index contributed by atoms with van der Waals surface area (Å²) in [5.74, 6) is 0.0272. The van der Waals surface area contributed by atoms with Gasteiger partial charge in [-0.15, -0.1) is 0 Å². The summed E-state index contributed by atoms with van der Waals surface area (Å²) in [6.45, 7) is 4.81. The van der Waals surface area contributed by atoms with Gasteiger partial charge in [-0.25, -0.2) is 4.68 Å². The van der Waals surface area contributed by atoms with Crippen molar-refractivity contribution in [1.82, 2.24) is 14.7 Å². The maximum Gasteiger partial charge on any atom is 0.253 e. The molecule has 1 aliphatic heterocycles. The first-order valence-corrected chi connectivity index (χ1v) is 9.82. The minimum Gasteiger partial charge on any atom is -0.371 e. The third-order valence-corrected chi connectivity index (χ3v) is 5.28. The number of benzene rings is 2. The van der Waals surface area contributed by atoms with Crippen molar-refractivity contribution in [2.45, 2.75) is 26.3 Å². The van der Waals surface area contributed by atoms with E-state index in [9.17, 15) is 4.79 Å². The van der Waals surface area contributed by atoms with E-state index in [0.29, 0.717) is 12.1 Å². The van der Waals surface area contributed by atoms with E-state index >= 15 is 0 Å². The quantitative estimate of drug-likeness (QED) is 0.676. The van der Waals surface area contributed by atoms with Crippen molar-refractivity contribution in [3.8, 4) is 5.69 Å². The van der Waals surface area contributed by atoms with Gasteiger partial charge in [0.25, 0.3) is 5.91 Å². The standard InChI is InChI=1S/C23H26N4O/c1-18-15-24-27(16-18)21-11-9-19(10-12-21)23(28)25(2)17-20-7-3-4-8-22(20)26-13-5-6-14-26/h3-4,7-12,15-16H,5-6,13-14,17H2,1-2H3. The van der Waals surface area contributed by atoms with Crippen LogP contribution in [0.25, 0.3) is 5.69 Å². The number of amides is 1. The Bertz CT molecular complexity index is 955. The van der Waals surface area contributed by atoms with Gasteiger partial charge < -0.3 is 9.80 Å². The fraction of sp³-hybridized carbons (Fsp3) is 0.304. The van der Waals surface area contributed by atoms with Gasteiger partial charge in [0, 0.05) is 44.1 Å². The molecule has 1 amide bonds. The molecule has 1 aromatic heterocycles. The number of aromatic nitrogens is 2. The number of hydrogen-bond acceptors (Lipinski definition) is 3. The largest absolute Gasteiger partial charge is 0.371 e. The Kier molecular flexibility index (Phi) is 5.15. The topological polar surface area (TPSA) is 41.4 Å². The number of aryl methyl sites for hydroxylation is 1. The highest BCUT2D eigenvalue weighted by Gasteiger charge is 2.18. The summed E-state index contributed by atoms with van der Waals surface area (Å²) in [7, 11) is 1.87. The van der Waals surface area contributed by atoms with Crippen molar-refractivity contribution >= 4 is 11.6 Å². The lowest BCUT2D eigenvalue weighted by atomic mass is 10.1. The first-order chi connectivity index (χ1) is 13.6. The summed E-state index contributed by atoms with van der Waals surface area (Å²) in [5, 5.41) is 4.32. The van der Waals surface area contributed by atoms with Gasteiger partial charge in [0.1, 0.15) is 0 Å². The zero-order valence-corrected chi connectivity index (χ0v) is 16.5. The number of hydrogen-bond donors (Lipinski definition) is 0. The molecule has 0 aliphatic carbocycles. The van der Waals surface area contributed by atoms with E-state index < -0.39 is 0 Å². The number of para-hydroxylation sites is 1. The highest BCUT2D eigenvalue weighted by molar-refractivity contribution is 5.94. The van der Waals surface area contributed by atoms with Crippen molar-refractivity contribution < 1.29 is 4.79 Å². The molecule has 1 fully saturated rings. The molecule has 0 radical (unpaired) electrons. The van der Waals surface area contributed by atoms with Crippen LogP contribution in [-0.2, 0) is 6.54 Å². The molecule has 5 nitrogen and oxygen atoms in total. The van der Waals surface area contributed by atoms with Crippen molar-refractivity contribution in [1.29, 1.82) is 0 Å². The molecule has 0 spiro atoms. The molecule has 144 valence electrons. The van der Waals surface area contributed by atoms with Gasteiger partial charge in [-0.1, -0.05) is 18.2 Å². The SMILES string of the molecule is Cc1cnn(-c2ccc(C(=O)N(C)Cc3ccccc3N3CCCC3)cc2)c1. The van der Waals surface area contributed by atoms with E-state index in [1.807, 2.05) is 61.4 Å². The van der Waals surface area contributed by atoms with E-state index in [2.05, 4.69) is 28.2 Å². The molecule has 1 aliphatic rings. The summed E-state index contributed by atoms with van der Waals surface area (Å²) in [6.07, 6.45) is 6.28. The normalized spacial score (nSPS) is 13.7. The molecule has 5 heteroatoms. The van der Waals surface area contributed by atoms with E-state index in [1.165, 1.54) is 24.1 Å². The minimum atomic E-state index is 0.0272. The van der Waals surface area contributed by atoms with Crippen molar-refractivity contribution in [3.05, 3.63) is 77.6 Å². The van der Waals surface area contributed by atoms with Gasteiger partial charge in [0.05, 0.1) is 11.9 Å². The van der Waals surface area contributed by atoms with Crippen LogP contribution in [0.15, 0.2) is 60.9 Å². The van der Waals surface area contributed by atoms with Crippen LogP contribution in [-0.4, -0.2) is 40.7 Å². The second-order valence-electron chi connectivity index (χ2n) is 7.49. The molecule has 0 bridgehead atoms. The summed E-state index contributed by atoms with van der Waals surface area (Å²) < 4.78 is 1.82. The van der Waals surface area contributed by atoms with Crippen LogP contribution in [0.5, 0.6) is 0 Å². The maximum absolute atomic E-state index is 12.9. The van der Waals surface area contributed by atoms with Gasteiger partial charge in [0.2, 0.25) is 0 Å². The Morgan fingerprint density at radius 3 is 2.46 bits per heavy atom. The molecule has 0 unspecified atom stereocenters. The fourth-order valence-electron chi connectivity index (χ4n) is 3.77. The number of carbonyl (C=O) groups excluding carboxylic acids is 1. The summed E-state index contributed by atoms with van der Waals surface area (Å²) in [6, 6.07) is 16.0. The van der Waals surface area contributed by atoms with Gasteiger partial charge in [-0.3, -0.25) is 4.79 Å². The molecule has 2 heterocycles. The minimum absolute atomic E-state index is 0.0272.